The van der Waals surface area contributed by atoms with E-state index in [0.717, 1.165) is 0 Å². The number of nitrogens with zero attached hydrogens (tertiary/aromatic N) is 1. The third-order valence-electron chi connectivity index (χ3n) is 2.03. The van der Waals surface area contributed by atoms with Crippen LogP contribution in [0.15, 0.2) is 35.4 Å². The Bertz CT molecular complexity index is 529. The summed E-state index contributed by atoms with van der Waals surface area (Å²) in [6, 6.07) is 4.64. The molecule has 0 atom stereocenters. The summed E-state index contributed by atoms with van der Waals surface area (Å²) in [5.74, 6) is -0.204. The van der Waals surface area contributed by atoms with Crippen molar-refractivity contribution in [1.29, 1.82) is 0 Å². The molecule has 0 aliphatic carbocycles. The summed E-state index contributed by atoms with van der Waals surface area (Å²) in [6.45, 7) is 0.278. The number of hydrogen-bond acceptors (Lipinski definition) is 3. The Morgan fingerprint density at radius 1 is 1.31 bits per heavy atom. The summed E-state index contributed by atoms with van der Waals surface area (Å²) in [7, 11) is 0. The normalized spacial score (nSPS) is 10.0. The van der Waals surface area contributed by atoms with Gasteiger partial charge in [0, 0.05) is 24.0 Å². The molecule has 16 heavy (non-hydrogen) atoms. The van der Waals surface area contributed by atoms with E-state index in [1.165, 1.54) is 6.07 Å². The maximum absolute atomic E-state index is 11.6. The zero-order valence-corrected chi connectivity index (χ0v) is 8.36. The van der Waals surface area contributed by atoms with Crippen LogP contribution < -0.4 is 10.9 Å². The van der Waals surface area contributed by atoms with E-state index < -0.39 is 0 Å². The van der Waals surface area contributed by atoms with Crippen molar-refractivity contribution in [3.05, 3.63) is 52.2 Å². The van der Waals surface area contributed by atoms with Crippen molar-refractivity contribution in [1.82, 2.24) is 20.5 Å². The molecule has 2 heterocycles. The average molecular weight is 218 g/mol. The predicted octanol–water partition coefficient (Wildman–Crippen LogP) is 0.0280. The number of aromatic amines is 2. The van der Waals surface area contributed by atoms with Gasteiger partial charge in [-0.3, -0.25) is 19.7 Å². The summed E-state index contributed by atoms with van der Waals surface area (Å²) in [6.07, 6.45) is 3.10. The van der Waals surface area contributed by atoms with Crippen LogP contribution in [0.25, 0.3) is 0 Å². The van der Waals surface area contributed by atoms with Crippen molar-refractivity contribution in [2.75, 3.05) is 0 Å². The molecule has 2 aromatic rings. The lowest BCUT2D eigenvalue weighted by molar-refractivity contribution is 0.0950. The first kappa shape index (κ1) is 10.2. The molecule has 1 amide bonds. The lowest BCUT2D eigenvalue weighted by Gasteiger charge is -2.02. The maximum Gasteiger partial charge on any atom is 0.264 e. The number of carbonyl (C=O) groups excluding carboxylic acids is 1. The molecule has 0 saturated heterocycles. The fraction of sp³-hybridized carbons (Fsp3) is 0.100. The van der Waals surface area contributed by atoms with Crippen LogP contribution in [0.2, 0.25) is 0 Å². The van der Waals surface area contributed by atoms with Gasteiger partial charge in [-0.2, -0.15) is 0 Å². The molecule has 0 aromatic carbocycles. The number of hydrogen-bond donors (Lipinski definition) is 3. The second-order valence-electron chi connectivity index (χ2n) is 3.20. The van der Waals surface area contributed by atoms with Gasteiger partial charge >= 0.3 is 0 Å². The van der Waals surface area contributed by atoms with E-state index in [1.807, 2.05) is 0 Å². The quantitative estimate of drug-likeness (QED) is 0.678. The Morgan fingerprint density at radius 3 is 2.69 bits per heavy atom. The van der Waals surface area contributed by atoms with Gasteiger partial charge in [0.05, 0.1) is 12.2 Å². The van der Waals surface area contributed by atoms with E-state index in [1.54, 1.807) is 24.5 Å². The van der Waals surface area contributed by atoms with E-state index in [0.29, 0.717) is 11.3 Å². The Morgan fingerprint density at radius 2 is 2.06 bits per heavy atom. The monoisotopic (exact) mass is 218 g/mol. The second-order valence-corrected chi connectivity index (χ2v) is 3.20. The Hall–Kier alpha value is -2.37. The molecule has 0 fully saturated rings. The van der Waals surface area contributed by atoms with Gasteiger partial charge in [0.25, 0.3) is 11.5 Å². The van der Waals surface area contributed by atoms with Crippen molar-refractivity contribution in [3.8, 4) is 0 Å². The molecule has 0 unspecified atom stereocenters. The van der Waals surface area contributed by atoms with Gasteiger partial charge in [0.2, 0.25) is 0 Å². The average Bonchev–Trinajstić information content (AvgIpc) is 2.73. The smallest absolute Gasteiger partial charge is 0.264 e. The lowest BCUT2D eigenvalue weighted by atomic mass is 10.2. The third kappa shape index (κ3) is 2.35. The van der Waals surface area contributed by atoms with Gasteiger partial charge in [-0.1, -0.05) is 0 Å². The minimum Gasteiger partial charge on any atom is -0.346 e. The van der Waals surface area contributed by atoms with Crippen LogP contribution in [0.3, 0.4) is 0 Å². The maximum atomic E-state index is 11.6. The minimum absolute atomic E-state index is 0.204. The number of amides is 1. The largest absolute Gasteiger partial charge is 0.346 e. The highest BCUT2D eigenvalue weighted by Gasteiger charge is 2.04. The topological polar surface area (TPSA) is 90.6 Å². The first-order valence-electron chi connectivity index (χ1n) is 4.70. The lowest BCUT2D eigenvalue weighted by Crippen LogP contribution is -2.22. The number of rotatable bonds is 3. The Labute approximate surface area is 90.7 Å². The van der Waals surface area contributed by atoms with Gasteiger partial charge < -0.3 is 10.4 Å². The molecule has 0 saturated carbocycles. The molecular weight excluding hydrogens is 208 g/mol. The van der Waals surface area contributed by atoms with Crippen LogP contribution >= 0.6 is 0 Å². The van der Waals surface area contributed by atoms with Gasteiger partial charge in [-0.05, 0) is 12.1 Å². The Balaban J connectivity index is 1.96. The molecule has 6 nitrogen and oxygen atoms in total. The van der Waals surface area contributed by atoms with Crippen molar-refractivity contribution in [2.45, 2.75) is 6.54 Å². The van der Waals surface area contributed by atoms with Crippen molar-refractivity contribution < 1.29 is 4.79 Å². The molecule has 3 N–H and O–H groups in total. The number of pyridine rings is 1. The molecular formula is C10H10N4O2. The van der Waals surface area contributed by atoms with E-state index in [9.17, 15) is 9.59 Å². The number of nitrogens with one attached hydrogen (secondary N) is 3. The van der Waals surface area contributed by atoms with Crippen LogP contribution in [-0.4, -0.2) is 21.1 Å². The molecule has 6 heteroatoms. The van der Waals surface area contributed by atoms with Gasteiger partial charge in [-0.25, -0.2) is 0 Å². The fourth-order valence-electron chi connectivity index (χ4n) is 1.25. The number of H-pyrrole nitrogens is 2. The predicted molar refractivity (Wildman–Crippen MR) is 56.8 cm³/mol. The molecule has 2 aromatic heterocycles. The second kappa shape index (κ2) is 4.43. The van der Waals surface area contributed by atoms with Crippen LogP contribution in [0.4, 0.5) is 0 Å². The standard InChI is InChI=1S/C10H10N4O2/c15-9-5-8(13-14-9)6-12-10(16)7-1-3-11-4-2-7/h1-5H,6H2,(H,12,16)(H2,13,14,15). The van der Waals surface area contributed by atoms with Crippen LogP contribution in [-0.2, 0) is 6.54 Å². The van der Waals surface area contributed by atoms with E-state index in [4.69, 9.17) is 0 Å². The minimum atomic E-state index is -0.215. The zero-order valence-electron chi connectivity index (χ0n) is 8.36. The molecule has 82 valence electrons. The molecule has 0 radical (unpaired) electrons. The zero-order chi connectivity index (χ0) is 11.4. The van der Waals surface area contributed by atoms with E-state index in [2.05, 4.69) is 20.5 Å². The van der Waals surface area contributed by atoms with Crippen molar-refractivity contribution in [3.63, 3.8) is 0 Å². The summed E-state index contributed by atoms with van der Waals surface area (Å²) in [5, 5.41) is 7.71. The first-order valence-corrected chi connectivity index (χ1v) is 4.70. The summed E-state index contributed by atoms with van der Waals surface area (Å²) >= 11 is 0. The van der Waals surface area contributed by atoms with Gasteiger partial charge in [-0.15, -0.1) is 0 Å². The highest BCUT2D eigenvalue weighted by atomic mass is 16.1. The summed E-state index contributed by atoms with van der Waals surface area (Å²) in [5.41, 5.74) is 0.952. The molecule has 0 spiro atoms. The Kier molecular flexibility index (Phi) is 2.81. The number of aromatic nitrogens is 3. The summed E-state index contributed by atoms with van der Waals surface area (Å²) in [4.78, 5) is 26.2. The highest BCUT2D eigenvalue weighted by Crippen LogP contribution is 1.96. The van der Waals surface area contributed by atoms with Crippen LogP contribution in [0, 0.1) is 0 Å². The molecule has 0 aliphatic heterocycles. The van der Waals surface area contributed by atoms with Crippen LogP contribution in [0.1, 0.15) is 16.1 Å². The fourth-order valence-corrected chi connectivity index (χ4v) is 1.25. The SMILES string of the molecule is O=C(NCc1cc(=O)[nH][nH]1)c1ccncc1. The highest BCUT2D eigenvalue weighted by molar-refractivity contribution is 5.93. The van der Waals surface area contributed by atoms with E-state index in [-0.39, 0.29) is 18.0 Å². The van der Waals surface area contributed by atoms with Gasteiger partial charge in [0.1, 0.15) is 0 Å². The summed E-state index contributed by atoms with van der Waals surface area (Å²) < 4.78 is 0. The van der Waals surface area contributed by atoms with Crippen molar-refractivity contribution >= 4 is 5.91 Å². The first-order chi connectivity index (χ1) is 7.75. The molecule has 0 aliphatic rings. The molecule has 2 rings (SSSR count). The molecule has 0 bridgehead atoms. The van der Waals surface area contributed by atoms with Crippen molar-refractivity contribution in [2.24, 2.45) is 0 Å². The van der Waals surface area contributed by atoms with E-state index >= 15 is 0 Å². The van der Waals surface area contributed by atoms with Gasteiger partial charge in [0.15, 0.2) is 0 Å². The third-order valence-corrected chi connectivity index (χ3v) is 2.03. The van der Waals surface area contributed by atoms with Crippen LogP contribution in [0.5, 0.6) is 0 Å². The number of carbonyl (C=O) groups is 1.